The summed E-state index contributed by atoms with van der Waals surface area (Å²) in [7, 11) is -13.4. The van der Waals surface area contributed by atoms with Crippen LogP contribution >= 0.6 is 0 Å². The largest absolute Gasteiger partial charge is 0.480 e. The van der Waals surface area contributed by atoms with E-state index in [-0.39, 0.29) is 5.97 Å². The number of sulfonamides is 2. The summed E-state index contributed by atoms with van der Waals surface area (Å²) in [4.78, 5) is 11.2. The van der Waals surface area contributed by atoms with E-state index in [9.17, 15) is 48.0 Å². The number of halogens is 6. The Labute approximate surface area is 212 Å². The second-order valence-electron chi connectivity index (χ2n) is 7.80. The molecule has 0 aliphatic heterocycles. The van der Waals surface area contributed by atoms with E-state index >= 15 is 0 Å². The van der Waals surface area contributed by atoms with Crippen LogP contribution in [0.15, 0.2) is 36.7 Å². The quantitative estimate of drug-likeness (QED) is 0.105. The molecule has 0 spiro atoms. The maximum Gasteiger partial charge on any atom is 0.480 e. The van der Waals surface area contributed by atoms with Crippen molar-refractivity contribution in [3.05, 3.63) is 46.4 Å². The molecule has 214 valence electrons. The molecule has 0 aromatic carbocycles. The first-order chi connectivity index (χ1) is 16.8. The van der Waals surface area contributed by atoms with Crippen LogP contribution in [0, 0.1) is 0 Å². The zero-order valence-corrected chi connectivity index (χ0v) is 21.9. The molecule has 0 atom stereocenters. The predicted molar refractivity (Wildman–Crippen MR) is 123 cm³/mol. The first-order valence-electron chi connectivity index (χ1n) is 11.0. The fourth-order valence-electron chi connectivity index (χ4n) is 2.49. The molecule has 0 aliphatic rings. The minimum atomic E-state index is -6.72. The summed E-state index contributed by atoms with van der Waals surface area (Å²) in [6, 6.07) is 4.35. The van der Waals surface area contributed by atoms with E-state index in [0.717, 1.165) is 29.9 Å². The van der Waals surface area contributed by atoms with Crippen LogP contribution < -0.4 is 4.57 Å². The van der Waals surface area contributed by atoms with Crippen molar-refractivity contribution in [1.82, 2.24) is 0 Å². The van der Waals surface area contributed by atoms with E-state index in [1.807, 2.05) is 0 Å². The number of hydrogen-bond acceptors (Lipinski definition) is 6. The zero-order valence-electron chi connectivity index (χ0n) is 20.3. The van der Waals surface area contributed by atoms with Crippen LogP contribution in [0.1, 0.15) is 57.9 Å². The zero-order chi connectivity index (χ0) is 28.9. The molecular formula is C21H30F6N2O6S2. The summed E-state index contributed by atoms with van der Waals surface area (Å²) < 4.78 is 117. The highest BCUT2D eigenvalue weighted by atomic mass is 32.3. The van der Waals surface area contributed by atoms with Gasteiger partial charge in [-0.3, -0.25) is 0 Å². The number of alkyl halides is 6. The molecule has 16 heteroatoms. The molecule has 0 unspecified atom stereocenters. The summed E-state index contributed by atoms with van der Waals surface area (Å²) in [5.74, 6) is -0.277. The lowest BCUT2D eigenvalue weighted by Crippen LogP contribution is -2.33. The third-order valence-corrected chi connectivity index (χ3v) is 7.15. The Kier molecular flexibility index (Phi) is 14.4. The Morgan fingerprint density at radius 1 is 0.973 bits per heavy atom. The van der Waals surface area contributed by atoms with E-state index in [4.69, 9.17) is 4.74 Å². The van der Waals surface area contributed by atoms with Crippen molar-refractivity contribution in [3.8, 4) is 0 Å². The monoisotopic (exact) mass is 584 g/mol. The van der Waals surface area contributed by atoms with Gasteiger partial charge < -0.3 is 8.86 Å². The smallest absolute Gasteiger partial charge is 0.462 e. The lowest BCUT2D eigenvalue weighted by atomic mass is 10.1. The highest BCUT2D eigenvalue weighted by Crippen LogP contribution is 2.36. The van der Waals surface area contributed by atoms with Crippen molar-refractivity contribution in [2.24, 2.45) is 0 Å². The maximum absolute atomic E-state index is 11.4. The van der Waals surface area contributed by atoms with E-state index in [0.29, 0.717) is 12.2 Å². The van der Waals surface area contributed by atoms with Gasteiger partial charge in [0, 0.05) is 23.6 Å². The average molecular weight is 585 g/mol. The molecule has 1 aromatic heterocycles. The number of ether oxygens (including phenoxy) is 1. The van der Waals surface area contributed by atoms with Crippen molar-refractivity contribution in [2.75, 3.05) is 6.61 Å². The maximum atomic E-state index is 11.4. The Bertz CT molecular complexity index is 1050. The summed E-state index contributed by atoms with van der Waals surface area (Å²) in [6.45, 7) is 9.08. The Balaban J connectivity index is 0.000000757. The van der Waals surface area contributed by atoms with Crippen molar-refractivity contribution in [2.45, 2.75) is 76.4 Å². The molecule has 0 bridgehead atoms. The van der Waals surface area contributed by atoms with Gasteiger partial charge in [-0.1, -0.05) is 32.8 Å². The van der Waals surface area contributed by atoms with Crippen molar-refractivity contribution >= 4 is 26.0 Å². The lowest BCUT2D eigenvalue weighted by molar-refractivity contribution is -0.697. The number of carbonyl (C=O) groups is 1. The van der Waals surface area contributed by atoms with E-state index < -0.39 is 31.1 Å². The summed E-state index contributed by atoms with van der Waals surface area (Å²) in [5.41, 5.74) is -10.5. The molecule has 1 heterocycles. The lowest BCUT2D eigenvalue weighted by Gasteiger charge is -2.22. The van der Waals surface area contributed by atoms with Crippen LogP contribution in [-0.4, -0.2) is 40.4 Å². The molecule has 0 aliphatic carbocycles. The van der Waals surface area contributed by atoms with E-state index in [1.54, 1.807) is 6.92 Å². The van der Waals surface area contributed by atoms with Crippen LogP contribution in [0.4, 0.5) is 26.3 Å². The van der Waals surface area contributed by atoms with Gasteiger partial charge >= 0.3 is 17.0 Å². The molecule has 1 aromatic rings. The van der Waals surface area contributed by atoms with E-state index in [1.165, 1.54) is 31.2 Å². The second kappa shape index (κ2) is 15.3. The average Bonchev–Trinajstić information content (AvgIpc) is 2.75. The van der Waals surface area contributed by atoms with Crippen LogP contribution in [0.5, 0.6) is 0 Å². The number of nitrogens with zero attached hydrogens (tertiary/aromatic N) is 2. The fourth-order valence-corrected chi connectivity index (χ4v) is 4.20. The van der Waals surface area contributed by atoms with Crippen molar-refractivity contribution in [1.29, 1.82) is 0 Å². The van der Waals surface area contributed by atoms with Gasteiger partial charge in [0.05, 0.1) is 6.61 Å². The first kappa shape index (κ1) is 34.8. The van der Waals surface area contributed by atoms with Gasteiger partial charge in [0.1, 0.15) is 6.54 Å². The molecule has 0 amide bonds. The normalized spacial score (nSPS) is 12.4. The summed E-state index contributed by atoms with van der Waals surface area (Å²) in [5, 5.41) is 0. The minimum absolute atomic E-state index is 0.277. The number of aromatic nitrogens is 1. The van der Waals surface area contributed by atoms with Crippen LogP contribution in [0.25, 0.3) is 4.13 Å². The minimum Gasteiger partial charge on any atom is -0.462 e. The Hall–Kier alpha value is -2.20. The Morgan fingerprint density at radius 3 is 2.00 bits per heavy atom. The molecule has 0 fully saturated rings. The highest BCUT2D eigenvalue weighted by molar-refractivity contribution is 8.13. The van der Waals surface area contributed by atoms with Crippen molar-refractivity contribution < 1.29 is 57.3 Å². The summed E-state index contributed by atoms with van der Waals surface area (Å²) in [6.07, 6.45) is 12.4. The number of pyridine rings is 1. The third kappa shape index (κ3) is 13.8. The second-order valence-corrected chi connectivity index (χ2v) is 11.2. The predicted octanol–water partition coefficient (Wildman–Crippen LogP) is 5.06. The van der Waals surface area contributed by atoms with Crippen LogP contribution in [-0.2, 0) is 42.5 Å². The molecule has 0 saturated heterocycles. The first-order valence-corrected chi connectivity index (χ1v) is 13.9. The highest BCUT2D eigenvalue weighted by Gasteiger charge is 2.46. The number of rotatable bonds is 13. The van der Waals surface area contributed by atoms with Gasteiger partial charge in [-0.15, -0.1) is 0 Å². The number of aryl methyl sites for hydroxylation is 2. The molecule has 37 heavy (non-hydrogen) atoms. The van der Waals surface area contributed by atoms with Gasteiger partial charge in [0.25, 0.3) is 0 Å². The third-order valence-electron chi connectivity index (χ3n) is 4.41. The van der Waals surface area contributed by atoms with Gasteiger partial charge in [-0.05, 0) is 32.3 Å². The molecule has 8 nitrogen and oxygen atoms in total. The topological polar surface area (TPSA) is 113 Å². The molecule has 0 saturated carbocycles. The van der Waals surface area contributed by atoms with Crippen LogP contribution in [0.3, 0.4) is 0 Å². The molecule has 1 rings (SSSR count). The molecule has 0 N–H and O–H groups in total. The van der Waals surface area contributed by atoms with Gasteiger partial charge in [0.2, 0.25) is 0 Å². The number of unbranched alkanes of at least 4 members (excludes halogenated alkanes) is 4. The number of carbonyl (C=O) groups excluding carboxylic acids is 1. The number of esters is 1. The number of hydrogen-bond donors (Lipinski definition) is 0. The molecular weight excluding hydrogens is 554 g/mol. The van der Waals surface area contributed by atoms with Gasteiger partial charge in [-0.2, -0.15) is 26.3 Å². The van der Waals surface area contributed by atoms with Crippen LogP contribution in [0.2, 0.25) is 0 Å². The fraction of sp³-hybridized carbons (Fsp3) is 0.619. The molecule has 0 radical (unpaired) electrons. The summed E-state index contributed by atoms with van der Waals surface area (Å²) >= 11 is 0. The SMILES string of the molecule is C=C(C)C(=O)OCCCCCCc1ccc[n+](CCCC)c1.O=S(=O)([N-]S(=O)(=O)C(F)(F)F)C(F)(F)F. The van der Waals surface area contributed by atoms with Crippen molar-refractivity contribution in [3.63, 3.8) is 0 Å². The van der Waals surface area contributed by atoms with Gasteiger partial charge in [0.15, 0.2) is 32.4 Å². The standard InChI is InChI=1S/C19H30NO2.C2F6NO4S2/c1-4-5-13-20-14-10-12-18(16-20)11-8-6-7-9-15-22-19(21)17(2)3;3-1(4,5)14(10,11)9-15(12,13)2(6,7)8/h10,12,14,16H,2,4-9,11,13,15H2,1,3H3;/q+1;-1. The van der Waals surface area contributed by atoms with Gasteiger partial charge in [-0.25, -0.2) is 26.2 Å². The van der Waals surface area contributed by atoms with E-state index in [2.05, 4.69) is 42.6 Å². The Morgan fingerprint density at radius 2 is 1.51 bits per heavy atom.